The van der Waals surface area contributed by atoms with Gasteiger partial charge in [-0.1, -0.05) is 49.4 Å². The Kier molecular flexibility index (Phi) is 6.98. The number of nitrogens with one attached hydrogen (secondary N) is 1. The van der Waals surface area contributed by atoms with Gasteiger partial charge >= 0.3 is 6.09 Å². The maximum absolute atomic E-state index is 12.4. The van der Waals surface area contributed by atoms with Gasteiger partial charge < -0.3 is 24.5 Å². The highest BCUT2D eigenvalue weighted by Gasteiger charge is 2.59. The quantitative estimate of drug-likeness (QED) is 0.222. The van der Waals surface area contributed by atoms with Crippen LogP contribution in [0.2, 0.25) is 0 Å². The molecule has 226 valence electrons. The summed E-state index contributed by atoms with van der Waals surface area (Å²) < 4.78 is 20.6. The third-order valence-corrected chi connectivity index (χ3v) is 8.95. The summed E-state index contributed by atoms with van der Waals surface area (Å²) in [5.74, 6) is 0.246. The first-order valence-corrected chi connectivity index (χ1v) is 15.0. The molecule has 3 aromatic heterocycles. The van der Waals surface area contributed by atoms with Gasteiger partial charge in [-0.15, -0.1) is 0 Å². The third-order valence-electron chi connectivity index (χ3n) is 8.95. The van der Waals surface area contributed by atoms with Crippen molar-refractivity contribution in [3.8, 4) is 0 Å². The number of aromatic nitrogens is 4. The van der Waals surface area contributed by atoms with E-state index in [0.717, 1.165) is 46.8 Å². The van der Waals surface area contributed by atoms with Gasteiger partial charge in [0.25, 0.3) is 0 Å². The number of nitrogen functional groups attached to an aromatic ring is 1. The zero-order valence-corrected chi connectivity index (χ0v) is 25.1. The van der Waals surface area contributed by atoms with Gasteiger partial charge in [0.15, 0.2) is 5.79 Å². The third kappa shape index (κ3) is 5.35. The van der Waals surface area contributed by atoms with Gasteiger partial charge in [0, 0.05) is 11.6 Å². The molecule has 1 saturated carbocycles. The summed E-state index contributed by atoms with van der Waals surface area (Å²) in [4.78, 5) is 25.8. The van der Waals surface area contributed by atoms with Crippen molar-refractivity contribution in [2.75, 3.05) is 11.1 Å². The van der Waals surface area contributed by atoms with Gasteiger partial charge in [0.1, 0.15) is 36.3 Å². The molecule has 0 unspecified atom stereocenters. The fourth-order valence-electron chi connectivity index (χ4n) is 6.76. The molecule has 10 nitrogen and oxygen atoms in total. The molecule has 4 heterocycles. The molecule has 0 bridgehead atoms. The first-order valence-electron chi connectivity index (χ1n) is 15.0. The largest absolute Gasteiger partial charge is 0.444 e. The van der Waals surface area contributed by atoms with Crippen LogP contribution in [-0.4, -0.2) is 43.6 Å². The number of carbonyl (C=O) groups excluding carboxylic acids is 1. The van der Waals surface area contributed by atoms with Crippen LogP contribution in [0, 0.1) is 5.41 Å². The van der Waals surface area contributed by atoms with E-state index in [4.69, 9.17) is 24.9 Å². The van der Waals surface area contributed by atoms with E-state index < -0.39 is 11.9 Å². The van der Waals surface area contributed by atoms with Crippen molar-refractivity contribution in [3.63, 3.8) is 0 Å². The molecule has 2 fully saturated rings. The summed E-state index contributed by atoms with van der Waals surface area (Å²) >= 11 is 0. The normalized spacial score (nSPS) is 24.0. The molecule has 7 rings (SSSR count). The van der Waals surface area contributed by atoms with Crippen LogP contribution < -0.4 is 11.1 Å². The number of fused-ring (bicyclic) bond motifs is 3. The molecule has 44 heavy (non-hydrogen) atoms. The number of nitrogens with two attached hydrogens (primary N) is 1. The van der Waals surface area contributed by atoms with Crippen molar-refractivity contribution >= 4 is 39.7 Å². The van der Waals surface area contributed by atoms with Crippen LogP contribution in [0.25, 0.3) is 21.9 Å². The van der Waals surface area contributed by atoms with E-state index in [1.165, 1.54) is 11.9 Å². The second-order valence-electron chi connectivity index (χ2n) is 12.6. The van der Waals surface area contributed by atoms with Gasteiger partial charge in [-0.25, -0.2) is 19.7 Å². The number of amides is 1. The molecule has 3 N–H and O–H groups in total. The average molecular weight is 593 g/mol. The second-order valence-corrected chi connectivity index (χ2v) is 12.6. The Hall–Kier alpha value is -4.54. The molecule has 0 radical (unpaired) electrons. The molecule has 10 heteroatoms. The lowest BCUT2D eigenvalue weighted by atomic mass is 9.80. The van der Waals surface area contributed by atoms with Crippen LogP contribution in [0.15, 0.2) is 79.3 Å². The van der Waals surface area contributed by atoms with Gasteiger partial charge in [0.2, 0.25) is 0 Å². The maximum Gasteiger partial charge on any atom is 0.413 e. The summed E-state index contributed by atoms with van der Waals surface area (Å²) in [7, 11) is 0. The Labute approximate surface area is 255 Å². The fourth-order valence-corrected chi connectivity index (χ4v) is 6.76. The minimum absolute atomic E-state index is 0.0483. The number of anilines is 2. The lowest BCUT2D eigenvalue weighted by Crippen LogP contribution is -2.34. The predicted molar refractivity (Wildman–Crippen MR) is 168 cm³/mol. The van der Waals surface area contributed by atoms with Crippen molar-refractivity contribution in [2.24, 2.45) is 5.41 Å². The van der Waals surface area contributed by atoms with Crippen molar-refractivity contribution in [1.29, 1.82) is 0 Å². The summed E-state index contributed by atoms with van der Waals surface area (Å²) in [6, 6.07) is 21.7. The molecular weight excluding hydrogens is 556 g/mol. The highest BCUT2D eigenvalue weighted by molar-refractivity contribution is 5.87. The van der Waals surface area contributed by atoms with Crippen LogP contribution in [0.5, 0.6) is 0 Å². The highest BCUT2D eigenvalue weighted by atomic mass is 16.8. The smallest absolute Gasteiger partial charge is 0.413 e. The highest BCUT2D eigenvalue weighted by Crippen LogP contribution is 2.55. The number of hydrogen-bond acceptors (Lipinski definition) is 8. The average Bonchev–Trinajstić information content (AvgIpc) is 3.66. The molecular formula is C34H36N6O4. The molecule has 2 aromatic carbocycles. The van der Waals surface area contributed by atoms with Crippen LogP contribution in [0.1, 0.15) is 50.8 Å². The molecule has 1 aliphatic carbocycles. The molecule has 4 atom stereocenters. The summed E-state index contributed by atoms with van der Waals surface area (Å²) in [5.41, 5.74) is 9.71. The summed E-state index contributed by atoms with van der Waals surface area (Å²) in [6.45, 7) is 6.45. The minimum Gasteiger partial charge on any atom is -0.444 e. The Morgan fingerprint density at radius 3 is 2.70 bits per heavy atom. The van der Waals surface area contributed by atoms with E-state index >= 15 is 0 Å². The van der Waals surface area contributed by atoms with Gasteiger partial charge in [-0.2, -0.15) is 0 Å². The zero-order chi connectivity index (χ0) is 30.5. The first kappa shape index (κ1) is 28.2. The SMILES string of the molecule is CC1(C)O[C@H]2[C@H](n3ccc4c(N)ncnc43)C[C@](C)(CCc3ccc4ccc(NC(=O)OCc5ccccc5)nc4c3)[C@H]2O1. The van der Waals surface area contributed by atoms with Gasteiger partial charge in [0.05, 0.1) is 23.0 Å². The number of nitrogens with zero attached hydrogens (tertiary/aromatic N) is 4. The number of carbonyl (C=O) groups is 1. The second kappa shape index (κ2) is 10.9. The van der Waals surface area contributed by atoms with Crippen LogP contribution in [-0.2, 0) is 27.2 Å². The molecule has 1 aliphatic heterocycles. The molecule has 2 aliphatic rings. The Morgan fingerprint density at radius 2 is 1.86 bits per heavy atom. The van der Waals surface area contributed by atoms with E-state index in [9.17, 15) is 4.79 Å². The van der Waals surface area contributed by atoms with Crippen LogP contribution >= 0.6 is 0 Å². The van der Waals surface area contributed by atoms with E-state index in [0.29, 0.717) is 11.6 Å². The fraction of sp³-hybridized carbons (Fsp3) is 0.353. The molecule has 0 spiro atoms. The molecule has 5 aromatic rings. The molecule has 1 amide bonds. The monoisotopic (exact) mass is 592 g/mol. The van der Waals surface area contributed by atoms with E-state index in [-0.39, 0.29) is 30.3 Å². The topological polar surface area (TPSA) is 126 Å². The first-order chi connectivity index (χ1) is 21.2. The number of hydrogen-bond donors (Lipinski definition) is 2. The van der Waals surface area contributed by atoms with Crippen LogP contribution in [0.3, 0.4) is 0 Å². The van der Waals surface area contributed by atoms with E-state index in [1.54, 1.807) is 6.07 Å². The standard InChI is InChI=1S/C34H36N6O4/c1-33(2)43-28-26(40-16-14-24-30(35)36-20-37-31(24)40)18-34(3,29(28)44-33)15-13-21-9-10-23-11-12-27(38-25(23)17-21)39-32(41)42-19-22-7-5-4-6-8-22/h4-12,14,16-17,20,26,28-29H,13,15,18-19H2,1-3H3,(H2,35,36,37)(H,38,39,41)/t26-,28+,29+,34+/m1/s1. The minimum atomic E-state index is -0.676. The maximum atomic E-state index is 12.4. The number of aryl methyl sites for hydroxylation is 1. The lowest BCUT2D eigenvalue weighted by Gasteiger charge is -2.32. The number of ether oxygens (including phenoxy) is 3. The Balaban J connectivity index is 1.07. The Morgan fingerprint density at radius 1 is 1.05 bits per heavy atom. The van der Waals surface area contributed by atoms with E-state index in [2.05, 4.69) is 45.0 Å². The van der Waals surface area contributed by atoms with E-state index in [1.807, 2.05) is 62.5 Å². The summed E-state index contributed by atoms with van der Waals surface area (Å²) in [5, 5.41) is 4.60. The van der Waals surface area contributed by atoms with Crippen LogP contribution in [0.4, 0.5) is 16.4 Å². The van der Waals surface area contributed by atoms with Crippen molar-refractivity contribution in [2.45, 2.75) is 70.7 Å². The lowest BCUT2D eigenvalue weighted by molar-refractivity contribution is -0.168. The van der Waals surface area contributed by atoms with Crippen molar-refractivity contribution < 1.29 is 19.0 Å². The zero-order valence-electron chi connectivity index (χ0n) is 25.1. The number of rotatable bonds is 7. The van der Waals surface area contributed by atoms with Gasteiger partial charge in [-0.3, -0.25) is 5.32 Å². The van der Waals surface area contributed by atoms with Crippen molar-refractivity contribution in [3.05, 3.63) is 90.4 Å². The Bertz CT molecular complexity index is 1840. The number of benzene rings is 2. The van der Waals surface area contributed by atoms with Crippen molar-refractivity contribution in [1.82, 2.24) is 19.5 Å². The number of pyridine rings is 1. The predicted octanol–water partition coefficient (Wildman–Crippen LogP) is 6.41. The summed E-state index contributed by atoms with van der Waals surface area (Å²) in [6.07, 6.45) is 5.43. The molecule has 1 saturated heterocycles. The van der Waals surface area contributed by atoms with Gasteiger partial charge in [-0.05, 0) is 73.9 Å².